The van der Waals surface area contributed by atoms with E-state index in [4.69, 9.17) is 14.6 Å². The third kappa shape index (κ3) is 6.91. The number of hydrogen-bond donors (Lipinski definition) is 1. The van der Waals surface area contributed by atoms with Crippen molar-refractivity contribution < 1.29 is 14.3 Å². The van der Waals surface area contributed by atoms with E-state index in [0.717, 1.165) is 65.0 Å². The normalized spacial score (nSPS) is 12.1. The first kappa shape index (κ1) is 32.0. The minimum atomic E-state index is -1.31. The average molecular weight is 636 g/mol. The van der Waals surface area contributed by atoms with Crippen LogP contribution in [0.25, 0.3) is 39.6 Å². The highest BCUT2D eigenvalue weighted by Gasteiger charge is 2.20. The number of aliphatic carboxylic acids is 1. The van der Waals surface area contributed by atoms with Crippen LogP contribution < -0.4 is 4.90 Å². The van der Waals surface area contributed by atoms with Crippen molar-refractivity contribution in [1.29, 1.82) is 5.26 Å². The maximum absolute atomic E-state index is 11.4. The highest BCUT2D eigenvalue weighted by atomic mass is 16.4. The number of aromatic nitrogens is 3. The number of benzene rings is 4. The highest BCUT2D eigenvalue weighted by Crippen LogP contribution is 2.38. The fraction of sp³-hybridized carbons (Fsp3) is 0.200. The van der Waals surface area contributed by atoms with Gasteiger partial charge in [0, 0.05) is 34.3 Å². The quantitative estimate of drug-likeness (QED) is 0.0993. The largest absolute Gasteiger partial charge is 0.477 e. The van der Waals surface area contributed by atoms with Gasteiger partial charge in [0.25, 0.3) is 0 Å². The fourth-order valence-electron chi connectivity index (χ4n) is 5.95. The molecule has 0 aliphatic heterocycles. The second-order valence-corrected chi connectivity index (χ2v) is 11.8. The number of anilines is 3. The molecule has 0 fully saturated rings. The lowest BCUT2D eigenvalue weighted by Crippen LogP contribution is -2.12. The Labute approximate surface area is 280 Å². The van der Waals surface area contributed by atoms with E-state index in [1.54, 1.807) is 18.2 Å². The van der Waals surface area contributed by atoms with Gasteiger partial charge in [-0.25, -0.2) is 4.79 Å². The maximum Gasteiger partial charge on any atom is 0.346 e. The van der Waals surface area contributed by atoms with E-state index in [1.165, 1.54) is 6.08 Å². The number of nitriles is 1. The van der Waals surface area contributed by atoms with Gasteiger partial charge in [-0.15, -0.1) is 0 Å². The molecule has 1 unspecified atom stereocenters. The lowest BCUT2D eigenvalue weighted by atomic mass is 10.00. The zero-order valence-corrected chi connectivity index (χ0v) is 27.1. The zero-order chi connectivity index (χ0) is 33.5. The van der Waals surface area contributed by atoms with E-state index in [0.29, 0.717) is 23.7 Å². The number of carbonyl (C=O) groups is 1. The van der Waals surface area contributed by atoms with Gasteiger partial charge in [0.15, 0.2) is 0 Å². The standard InChI is InChI=1S/C40H37N5O3/c1-3-5-12-28(4-2)27-44-42-38-35(22-23-36(39(38)43-44)37-24-21-34(48-37)25-30(26-41)40(46)47)29-17-19-33(20-18-29)45(31-13-8-6-9-14-31)32-15-10-7-11-16-32/h6-11,13-25,28H,3-5,12,27H2,1-2H3,(H,46,47)/b30-25-. The summed E-state index contributed by atoms with van der Waals surface area (Å²) in [4.78, 5) is 15.4. The van der Waals surface area contributed by atoms with E-state index >= 15 is 0 Å². The van der Waals surface area contributed by atoms with E-state index < -0.39 is 11.5 Å². The number of hydrogen-bond acceptors (Lipinski definition) is 6. The van der Waals surface area contributed by atoms with Gasteiger partial charge >= 0.3 is 5.97 Å². The molecule has 6 rings (SSSR count). The van der Waals surface area contributed by atoms with Crippen molar-refractivity contribution in [2.24, 2.45) is 5.92 Å². The zero-order valence-electron chi connectivity index (χ0n) is 27.1. The molecule has 6 aromatic rings. The topological polar surface area (TPSA) is 108 Å². The molecule has 2 heterocycles. The van der Waals surface area contributed by atoms with Gasteiger partial charge in [-0.3, -0.25) is 0 Å². The Bertz CT molecular complexity index is 2030. The van der Waals surface area contributed by atoms with Crippen molar-refractivity contribution in [3.8, 4) is 28.5 Å². The Kier molecular flexibility index (Phi) is 9.77. The summed E-state index contributed by atoms with van der Waals surface area (Å²) in [5.74, 6) is -0.0561. The minimum Gasteiger partial charge on any atom is -0.477 e. The van der Waals surface area contributed by atoms with Gasteiger partial charge < -0.3 is 14.4 Å². The number of nitrogens with zero attached hydrogens (tertiary/aromatic N) is 5. The van der Waals surface area contributed by atoms with Crippen LogP contribution in [-0.2, 0) is 11.3 Å². The third-order valence-electron chi connectivity index (χ3n) is 8.54. The molecule has 48 heavy (non-hydrogen) atoms. The van der Waals surface area contributed by atoms with Gasteiger partial charge in [0.2, 0.25) is 0 Å². The number of para-hydroxylation sites is 2. The first-order chi connectivity index (χ1) is 23.5. The molecule has 0 amide bonds. The lowest BCUT2D eigenvalue weighted by Gasteiger charge is -2.25. The number of rotatable bonds is 13. The maximum atomic E-state index is 11.4. The summed E-state index contributed by atoms with van der Waals surface area (Å²) < 4.78 is 6.02. The molecule has 1 atom stereocenters. The number of unbranched alkanes of at least 4 members (excludes halogenated alkanes) is 1. The Balaban J connectivity index is 1.42. The molecule has 0 spiro atoms. The van der Waals surface area contributed by atoms with Crippen molar-refractivity contribution >= 4 is 40.1 Å². The van der Waals surface area contributed by atoms with E-state index in [2.05, 4.69) is 67.3 Å². The van der Waals surface area contributed by atoms with Crippen LogP contribution in [0.5, 0.6) is 0 Å². The first-order valence-corrected chi connectivity index (χ1v) is 16.3. The van der Waals surface area contributed by atoms with Crippen molar-refractivity contribution in [3.63, 3.8) is 0 Å². The lowest BCUT2D eigenvalue weighted by molar-refractivity contribution is -0.132. The molecule has 8 nitrogen and oxygen atoms in total. The molecule has 0 aliphatic rings. The molecule has 4 aromatic carbocycles. The number of furan rings is 1. The Morgan fingerprint density at radius 1 is 0.854 bits per heavy atom. The molecule has 1 N–H and O–H groups in total. The smallest absolute Gasteiger partial charge is 0.346 e. The van der Waals surface area contributed by atoms with Crippen LogP contribution in [0.15, 0.2) is 119 Å². The molecule has 0 saturated carbocycles. The van der Waals surface area contributed by atoms with Crippen LogP contribution in [0.4, 0.5) is 17.1 Å². The Morgan fingerprint density at radius 2 is 1.46 bits per heavy atom. The van der Waals surface area contributed by atoms with Crippen molar-refractivity contribution in [3.05, 3.63) is 121 Å². The average Bonchev–Trinajstić information content (AvgIpc) is 3.77. The molecule has 0 saturated heterocycles. The SMILES string of the molecule is CCCCC(CC)Cn1nc2c(-c3ccc(N(c4ccccc4)c4ccccc4)cc3)ccc(-c3ccc(/C=C(/C#N)C(=O)O)o3)c2n1. The molecule has 0 radical (unpaired) electrons. The van der Waals surface area contributed by atoms with Crippen LogP contribution in [0.1, 0.15) is 45.3 Å². The molecular formula is C40H37N5O3. The second-order valence-electron chi connectivity index (χ2n) is 11.8. The van der Waals surface area contributed by atoms with Gasteiger partial charge in [-0.1, -0.05) is 87.7 Å². The molecule has 2 aromatic heterocycles. The Hall–Kier alpha value is -5.94. The summed E-state index contributed by atoms with van der Waals surface area (Å²) in [6.45, 7) is 5.13. The summed E-state index contributed by atoms with van der Waals surface area (Å²) in [6, 6.07) is 38.2. The molecule has 8 heteroatoms. The van der Waals surface area contributed by atoms with Gasteiger partial charge in [-0.2, -0.15) is 20.3 Å². The summed E-state index contributed by atoms with van der Waals surface area (Å²) in [5, 5.41) is 28.5. The van der Waals surface area contributed by atoms with Crippen LogP contribution in [-0.4, -0.2) is 26.1 Å². The van der Waals surface area contributed by atoms with Crippen molar-refractivity contribution in [1.82, 2.24) is 15.0 Å². The second kappa shape index (κ2) is 14.7. The van der Waals surface area contributed by atoms with Crippen molar-refractivity contribution in [2.45, 2.75) is 46.1 Å². The molecule has 0 bridgehead atoms. The predicted octanol–water partition coefficient (Wildman–Crippen LogP) is 10.0. The molecule has 240 valence electrons. The summed E-state index contributed by atoms with van der Waals surface area (Å²) in [5.41, 5.74) is 6.91. The van der Waals surface area contributed by atoms with Crippen LogP contribution in [0, 0.1) is 17.2 Å². The fourth-order valence-corrected chi connectivity index (χ4v) is 5.95. The van der Waals surface area contributed by atoms with Gasteiger partial charge in [0.1, 0.15) is 34.2 Å². The summed E-state index contributed by atoms with van der Waals surface area (Å²) in [7, 11) is 0. The molecular weight excluding hydrogens is 598 g/mol. The van der Waals surface area contributed by atoms with Crippen LogP contribution in [0.2, 0.25) is 0 Å². The van der Waals surface area contributed by atoms with Crippen LogP contribution in [0.3, 0.4) is 0 Å². The van der Waals surface area contributed by atoms with Gasteiger partial charge in [0.05, 0.1) is 6.54 Å². The van der Waals surface area contributed by atoms with Gasteiger partial charge in [-0.05, 0) is 72.5 Å². The van der Waals surface area contributed by atoms with E-state index in [9.17, 15) is 15.2 Å². The van der Waals surface area contributed by atoms with Crippen LogP contribution >= 0.6 is 0 Å². The summed E-state index contributed by atoms with van der Waals surface area (Å²) in [6.07, 6.45) is 5.69. The van der Waals surface area contributed by atoms with E-state index in [1.807, 2.05) is 53.3 Å². The monoisotopic (exact) mass is 635 g/mol. The number of carboxylic acids is 1. The number of fused-ring (bicyclic) bond motifs is 1. The van der Waals surface area contributed by atoms with E-state index in [-0.39, 0.29) is 5.76 Å². The Morgan fingerprint density at radius 3 is 2.04 bits per heavy atom. The van der Waals surface area contributed by atoms with Crippen molar-refractivity contribution in [2.75, 3.05) is 4.90 Å². The highest BCUT2D eigenvalue weighted by molar-refractivity contribution is 6.00. The molecule has 0 aliphatic carbocycles. The summed E-state index contributed by atoms with van der Waals surface area (Å²) >= 11 is 0. The minimum absolute atomic E-state index is 0.274. The first-order valence-electron chi connectivity index (χ1n) is 16.3. The predicted molar refractivity (Wildman–Crippen MR) is 190 cm³/mol. The number of carboxylic acid groups (broad SMARTS) is 1. The third-order valence-corrected chi connectivity index (χ3v) is 8.54.